The van der Waals surface area contributed by atoms with Crippen molar-refractivity contribution in [1.29, 1.82) is 0 Å². The maximum Gasteiger partial charge on any atom is 0.254 e. The van der Waals surface area contributed by atoms with Gasteiger partial charge in [-0.15, -0.1) is 0 Å². The lowest BCUT2D eigenvalue weighted by Gasteiger charge is -2.42. The maximum atomic E-state index is 13.5. The SMILES string of the molecule is CCOc1cccc(C(=O)N2CCO[C@@](COc3ccc(F)cc3)(CC(=O)N(C)Cc3ccccc3)C2)c1. The molecule has 2 amide bonds. The molecule has 0 unspecified atom stereocenters. The zero-order valence-corrected chi connectivity index (χ0v) is 21.8. The molecule has 8 heteroatoms. The average molecular weight is 521 g/mol. The first-order valence-electron chi connectivity index (χ1n) is 12.7. The Morgan fingerprint density at radius 3 is 2.50 bits per heavy atom. The first kappa shape index (κ1) is 27.1. The highest BCUT2D eigenvalue weighted by Gasteiger charge is 2.42. The van der Waals surface area contributed by atoms with Crippen molar-refractivity contribution in [2.24, 2.45) is 0 Å². The fourth-order valence-electron chi connectivity index (χ4n) is 4.43. The predicted molar refractivity (Wildman–Crippen MR) is 142 cm³/mol. The third-order valence-corrected chi connectivity index (χ3v) is 6.40. The van der Waals surface area contributed by atoms with Crippen molar-refractivity contribution < 1.29 is 28.2 Å². The average Bonchev–Trinajstić information content (AvgIpc) is 2.93. The van der Waals surface area contributed by atoms with E-state index in [-0.39, 0.29) is 43.8 Å². The van der Waals surface area contributed by atoms with Gasteiger partial charge in [0.05, 0.1) is 26.2 Å². The van der Waals surface area contributed by atoms with Gasteiger partial charge in [0.1, 0.15) is 29.5 Å². The van der Waals surface area contributed by atoms with E-state index in [9.17, 15) is 14.0 Å². The minimum Gasteiger partial charge on any atom is -0.494 e. The van der Waals surface area contributed by atoms with Crippen LogP contribution in [0, 0.1) is 5.82 Å². The number of morpholine rings is 1. The van der Waals surface area contributed by atoms with Gasteiger partial charge >= 0.3 is 0 Å². The summed E-state index contributed by atoms with van der Waals surface area (Å²) < 4.78 is 31.1. The van der Waals surface area contributed by atoms with E-state index < -0.39 is 5.60 Å². The molecule has 3 aromatic carbocycles. The van der Waals surface area contributed by atoms with Gasteiger partial charge in [0, 0.05) is 25.7 Å². The van der Waals surface area contributed by atoms with Crippen LogP contribution in [0.5, 0.6) is 11.5 Å². The zero-order chi connectivity index (χ0) is 27.0. The number of hydrogen-bond donors (Lipinski definition) is 0. The number of amides is 2. The smallest absolute Gasteiger partial charge is 0.254 e. The van der Waals surface area contributed by atoms with Crippen molar-refractivity contribution in [2.45, 2.75) is 25.5 Å². The lowest BCUT2D eigenvalue weighted by Crippen LogP contribution is -2.58. The molecule has 1 aliphatic rings. The summed E-state index contributed by atoms with van der Waals surface area (Å²) in [4.78, 5) is 30.1. The summed E-state index contributed by atoms with van der Waals surface area (Å²) in [7, 11) is 1.74. The Hall–Kier alpha value is -3.91. The van der Waals surface area contributed by atoms with E-state index >= 15 is 0 Å². The summed E-state index contributed by atoms with van der Waals surface area (Å²) in [5.74, 6) is 0.391. The van der Waals surface area contributed by atoms with Crippen LogP contribution in [-0.2, 0) is 16.1 Å². The van der Waals surface area contributed by atoms with Crippen LogP contribution in [0.25, 0.3) is 0 Å². The monoisotopic (exact) mass is 520 g/mol. The number of hydrogen-bond acceptors (Lipinski definition) is 5. The van der Waals surface area contributed by atoms with Crippen LogP contribution in [0.15, 0.2) is 78.9 Å². The van der Waals surface area contributed by atoms with Gasteiger partial charge in [-0.2, -0.15) is 0 Å². The Labute approximate surface area is 222 Å². The van der Waals surface area contributed by atoms with Crippen LogP contribution in [0.3, 0.4) is 0 Å². The van der Waals surface area contributed by atoms with Crippen LogP contribution in [0.1, 0.15) is 29.3 Å². The van der Waals surface area contributed by atoms with Crippen LogP contribution in [0.2, 0.25) is 0 Å². The molecule has 1 atom stereocenters. The number of ether oxygens (including phenoxy) is 3. The van der Waals surface area contributed by atoms with Gasteiger partial charge in [-0.05, 0) is 55.0 Å². The van der Waals surface area contributed by atoms with Gasteiger partial charge in [0.15, 0.2) is 0 Å². The molecule has 7 nitrogen and oxygen atoms in total. The number of benzene rings is 3. The third-order valence-electron chi connectivity index (χ3n) is 6.40. The van der Waals surface area contributed by atoms with Gasteiger partial charge in [-0.1, -0.05) is 36.4 Å². The van der Waals surface area contributed by atoms with E-state index in [0.717, 1.165) is 5.56 Å². The largest absolute Gasteiger partial charge is 0.494 e. The number of carbonyl (C=O) groups excluding carboxylic acids is 2. The van der Waals surface area contributed by atoms with Crippen molar-refractivity contribution in [3.63, 3.8) is 0 Å². The van der Waals surface area contributed by atoms with E-state index in [2.05, 4.69) is 0 Å². The molecule has 0 saturated carbocycles. The highest BCUT2D eigenvalue weighted by atomic mass is 19.1. The summed E-state index contributed by atoms with van der Waals surface area (Å²) in [6, 6.07) is 22.4. The Morgan fingerprint density at radius 2 is 1.76 bits per heavy atom. The number of halogens is 1. The van der Waals surface area contributed by atoms with Crippen LogP contribution >= 0.6 is 0 Å². The summed E-state index contributed by atoms with van der Waals surface area (Å²) in [5, 5.41) is 0. The molecule has 0 bridgehead atoms. The van der Waals surface area contributed by atoms with E-state index in [0.29, 0.717) is 36.8 Å². The quantitative estimate of drug-likeness (QED) is 0.392. The molecular formula is C30H33FN2O5. The molecule has 4 rings (SSSR count). The van der Waals surface area contributed by atoms with Crippen molar-refractivity contribution >= 4 is 11.8 Å². The minimum absolute atomic E-state index is 0.0142. The normalized spacial score (nSPS) is 17.1. The van der Waals surface area contributed by atoms with Crippen molar-refractivity contribution in [3.8, 4) is 11.5 Å². The Bertz CT molecular complexity index is 1220. The number of carbonyl (C=O) groups is 2. The van der Waals surface area contributed by atoms with Gasteiger partial charge in [-0.3, -0.25) is 9.59 Å². The first-order chi connectivity index (χ1) is 18.4. The molecule has 1 aliphatic heterocycles. The van der Waals surface area contributed by atoms with Crippen molar-refractivity contribution in [2.75, 3.05) is 40.0 Å². The summed E-state index contributed by atoms with van der Waals surface area (Å²) >= 11 is 0. The highest BCUT2D eigenvalue weighted by Crippen LogP contribution is 2.27. The van der Waals surface area contributed by atoms with E-state index in [1.54, 1.807) is 35.0 Å². The Kier molecular flexibility index (Phi) is 8.97. The molecule has 1 fully saturated rings. The molecule has 0 aromatic heterocycles. The molecule has 38 heavy (non-hydrogen) atoms. The minimum atomic E-state index is -1.08. The molecule has 0 spiro atoms. The molecule has 1 heterocycles. The second-order valence-electron chi connectivity index (χ2n) is 9.37. The van der Waals surface area contributed by atoms with Crippen LogP contribution in [0.4, 0.5) is 4.39 Å². The van der Waals surface area contributed by atoms with Crippen LogP contribution < -0.4 is 9.47 Å². The van der Waals surface area contributed by atoms with E-state index in [1.807, 2.05) is 43.3 Å². The first-order valence-corrected chi connectivity index (χ1v) is 12.7. The topological polar surface area (TPSA) is 68.3 Å². The lowest BCUT2D eigenvalue weighted by molar-refractivity contribution is -0.152. The van der Waals surface area contributed by atoms with E-state index in [1.165, 1.54) is 24.3 Å². The highest BCUT2D eigenvalue weighted by molar-refractivity contribution is 5.94. The van der Waals surface area contributed by atoms with Crippen LogP contribution in [-0.4, -0.2) is 67.2 Å². The molecule has 0 aliphatic carbocycles. The fourth-order valence-corrected chi connectivity index (χ4v) is 4.43. The molecule has 0 radical (unpaired) electrons. The summed E-state index contributed by atoms with van der Waals surface area (Å²) in [6.07, 6.45) is 0.0142. The lowest BCUT2D eigenvalue weighted by atomic mass is 9.96. The molecule has 1 saturated heterocycles. The predicted octanol–water partition coefficient (Wildman–Crippen LogP) is 4.56. The van der Waals surface area contributed by atoms with Gasteiger partial charge in [-0.25, -0.2) is 4.39 Å². The third kappa shape index (κ3) is 7.10. The second-order valence-corrected chi connectivity index (χ2v) is 9.37. The zero-order valence-electron chi connectivity index (χ0n) is 21.8. The Balaban J connectivity index is 1.53. The molecular weight excluding hydrogens is 487 g/mol. The molecule has 3 aromatic rings. The van der Waals surface area contributed by atoms with Gasteiger partial charge in [0.25, 0.3) is 5.91 Å². The van der Waals surface area contributed by atoms with E-state index in [4.69, 9.17) is 14.2 Å². The fraction of sp³-hybridized carbons (Fsp3) is 0.333. The standard InChI is InChI=1S/C30H33FN2O5/c1-3-36-27-11-7-10-24(18-27)29(35)33-16-17-38-30(21-33,22-37-26-14-12-25(31)13-15-26)19-28(34)32(2)20-23-8-5-4-6-9-23/h4-15,18H,3,16-17,19-22H2,1-2H3/t30-/m0/s1. The Morgan fingerprint density at radius 1 is 1.00 bits per heavy atom. The van der Waals surface area contributed by atoms with Gasteiger partial charge < -0.3 is 24.0 Å². The maximum absolute atomic E-state index is 13.5. The number of nitrogens with zero attached hydrogens (tertiary/aromatic N) is 2. The summed E-state index contributed by atoms with van der Waals surface area (Å²) in [6.45, 7) is 3.64. The number of rotatable bonds is 10. The molecule has 200 valence electrons. The van der Waals surface area contributed by atoms with Crippen molar-refractivity contribution in [1.82, 2.24) is 9.80 Å². The molecule has 0 N–H and O–H groups in total. The summed E-state index contributed by atoms with van der Waals surface area (Å²) in [5.41, 5.74) is 0.427. The van der Waals surface area contributed by atoms with Crippen molar-refractivity contribution in [3.05, 3.63) is 95.8 Å². The second kappa shape index (κ2) is 12.6. The van der Waals surface area contributed by atoms with Gasteiger partial charge in [0.2, 0.25) is 5.91 Å².